The van der Waals surface area contributed by atoms with E-state index in [1.807, 2.05) is 6.07 Å². The molecule has 3 aromatic rings. The van der Waals surface area contributed by atoms with Crippen molar-refractivity contribution in [1.29, 1.82) is 0 Å². The predicted octanol–water partition coefficient (Wildman–Crippen LogP) is 6.10. The van der Waals surface area contributed by atoms with Crippen molar-refractivity contribution in [3.63, 3.8) is 0 Å². The minimum absolute atomic E-state index is 0.0114. The number of carbonyl (C=O) groups excluding carboxylic acids is 1. The lowest BCUT2D eigenvalue weighted by atomic mass is 9.84. The molecule has 0 radical (unpaired) electrons. The summed E-state index contributed by atoms with van der Waals surface area (Å²) in [6.45, 7) is -2.95. The third-order valence-corrected chi connectivity index (χ3v) is 5.32. The van der Waals surface area contributed by atoms with Gasteiger partial charge in [0, 0.05) is 39.5 Å². The van der Waals surface area contributed by atoms with Gasteiger partial charge >= 0.3 is 6.61 Å². The Kier molecular flexibility index (Phi) is 5.54. The summed E-state index contributed by atoms with van der Waals surface area (Å²) in [6.07, 6.45) is 0.272. The fourth-order valence-electron chi connectivity index (χ4n) is 3.64. The highest BCUT2D eigenvalue weighted by atomic mass is 35.5. The number of fused-ring (bicyclic) bond motifs is 1. The van der Waals surface area contributed by atoms with Crippen molar-refractivity contribution in [3.8, 4) is 5.75 Å². The normalized spacial score (nSPS) is 17.6. The summed E-state index contributed by atoms with van der Waals surface area (Å²) < 4.78 is 29.7. The molecule has 0 saturated heterocycles. The van der Waals surface area contributed by atoms with Crippen LogP contribution < -0.4 is 15.4 Å². The molecule has 154 valence electrons. The van der Waals surface area contributed by atoms with Gasteiger partial charge in [-0.1, -0.05) is 47.5 Å². The van der Waals surface area contributed by atoms with E-state index in [9.17, 15) is 13.6 Å². The SMILES string of the molecule is O=C1Nc2cc(Cl)ccc2[C@@]1(Cc1cccc(Cl)c1)Nc1cccc(OC(F)F)c1. The van der Waals surface area contributed by atoms with Crippen LogP contribution in [-0.4, -0.2) is 12.5 Å². The minimum Gasteiger partial charge on any atom is -0.435 e. The number of carbonyl (C=O) groups is 1. The molecule has 4 nitrogen and oxygen atoms in total. The molecule has 0 aliphatic carbocycles. The molecule has 1 heterocycles. The number of halogens is 4. The lowest BCUT2D eigenvalue weighted by Gasteiger charge is -2.30. The van der Waals surface area contributed by atoms with Crippen molar-refractivity contribution in [3.05, 3.63) is 87.9 Å². The van der Waals surface area contributed by atoms with Crippen molar-refractivity contribution in [2.24, 2.45) is 0 Å². The van der Waals surface area contributed by atoms with Gasteiger partial charge in [-0.25, -0.2) is 0 Å². The number of hydrogen-bond acceptors (Lipinski definition) is 3. The van der Waals surface area contributed by atoms with Crippen LogP contribution in [0.3, 0.4) is 0 Å². The standard InChI is InChI=1S/C22H16Cl2F2N2O2/c23-14-4-1-3-13(9-14)12-22(18-8-7-15(24)10-19(18)27-20(22)29)28-16-5-2-6-17(11-16)30-21(25)26/h1-11,21,28H,12H2,(H,27,29)/t22-/m1/s1. The van der Waals surface area contributed by atoms with Gasteiger partial charge in [0.15, 0.2) is 0 Å². The molecule has 1 amide bonds. The van der Waals surface area contributed by atoms with Gasteiger partial charge in [-0.15, -0.1) is 0 Å². The van der Waals surface area contributed by atoms with Gasteiger partial charge in [-0.2, -0.15) is 8.78 Å². The number of nitrogens with one attached hydrogen (secondary N) is 2. The lowest BCUT2D eigenvalue weighted by Crippen LogP contribution is -2.44. The molecule has 1 atom stereocenters. The maximum Gasteiger partial charge on any atom is 0.387 e. The third-order valence-electron chi connectivity index (χ3n) is 4.85. The summed E-state index contributed by atoms with van der Waals surface area (Å²) >= 11 is 12.2. The van der Waals surface area contributed by atoms with Gasteiger partial charge in [0.2, 0.25) is 0 Å². The molecule has 8 heteroatoms. The number of alkyl halides is 2. The van der Waals surface area contributed by atoms with Crippen LogP contribution in [0.2, 0.25) is 10.0 Å². The topological polar surface area (TPSA) is 50.4 Å². The Morgan fingerprint density at radius 1 is 1.00 bits per heavy atom. The van der Waals surface area contributed by atoms with Crippen LogP contribution in [0, 0.1) is 0 Å². The molecular weight excluding hydrogens is 433 g/mol. The fourth-order valence-corrected chi connectivity index (χ4v) is 4.02. The fraction of sp³-hybridized carbons (Fsp3) is 0.136. The van der Waals surface area contributed by atoms with Crippen molar-refractivity contribution in [2.75, 3.05) is 10.6 Å². The Morgan fingerprint density at radius 3 is 2.53 bits per heavy atom. The summed E-state index contributed by atoms with van der Waals surface area (Å²) in [7, 11) is 0. The number of rotatable bonds is 6. The zero-order valence-electron chi connectivity index (χ0n) is 15.5. The quantitative estimate of drug-likeness (QED) is 0.479. The highest BCUT2D eigenvalue weighted by Crippen LogP contribution is 2.42. The second-order valence-corrected chi connectivity index (χ2v) is 7.76. The van der Waals surface area contributed by atoms with E-state index in [4.69, 9.17) is 23.2 Å². The molecule has 1 aliphatic rings. The van der Waals surface area contributed by atoms with Gasteiger partial charge in [-0.05, 0) is 42.0 Å². The van der Waals surface area contributed by atoms with Crippen molar-refractivity contribution in [1.82, 2.24) is 0 Å². The molecular formula is C22H16Cl2F2N2O2. The highest BCUT2D eigenvalue weighted by molar-refractivity contribution is 6.31. The maximum absolute atomic E-state index is 13.2. The summed E-state index contributed by atoms with van der Waals surface area (Å²) in [6, 6.07) is 18.4. The average molecular weight is 449 g/mol. The number of amides is 1. The van der Waals surface area contributed by atoms with E-state index in [1.54, 1.807) is 48.5 Å². The van der Waals surface area contributed by atoms with Crippen molar-refractivity contribution >= 4 is 40.5 Å². The number of ether oxygens (including phenoxy) is 1. The molecule has 30 heavy (non-hydrogen) atoms. The van der Waals surface area contributed by atoms with Gasteiger partial charge < -0.3 is 15.4 Å². The van der Waals surface area contributed by atoms with E-state index >= 15 is 0 Å². The first-order valence-electron chi connectivity index (χ1n) is 9.05. The van der Waals surface area contributed by atoms with Gasteiger partial charge in [-0.3, -0.25) is 4.79 Å². The molecule has 0 unspecified atom stereocenters. The van der Waals surface area contributed by atoms with Crippen LogP contribution in [0.1, 0.15) is 11.1 Å². The maximum atomic E-state index is 13.2. The number of benzene rings is 3. The minimum atomic E-state index is -2.95. The predicted molar refractivity (Wildman–Crippen MR) is 114 cm³/mol. The summed E-state index contributed by atoms with van der Waals surface area (Å²) in [5.74, 6) is -0.303. The van der Waals surface area contributed by atoms with Gasteiger partial charge in [0.05, 0.1) is 0 Å². The van der Waals surface area contributed by atoms with Gasteiger partial charge in [0.1, 0.15) is 11.3 Å². The first-order chi connectivity index (χ1) is 14.4. The first kappa shape index (κ1) is 20.4. The Balaban J connectivity index is 1.79. The monoisotopic (exact) mass is 448 g/mol. The highest BCUT2D eigenvalue weighted by Gasteiger charge is 2.47. The molecule has 0 bridgehead atoms. The Morgan fingerprint density at radius 2 is 1.77 bits per heavy atom. The largest absolute Gasteiger partial charge is 0.435 e. The molecule has 3 aromatic carbocycles. The van der Waals surface area contributed by atoms with Crippen LogP contribution in [-0.2, 0) is 16.8 Å². The summed E-state index contributed by atoms with van der Waals surface area (Å²) in [4.78, 5) is 13.2. The Labute approximate surface area is 181 Å². The van der Waals surface area contributed by atoms with E-state index in [1.165, 1.54) is 12.1 Å². The molecule has 0 aromatic heterocycles. The van der Waals surface area contributed by atoms with Gasteiger partial charge in [0.25, 0.3) is 5.91 Å². The zero-order valence-corrected chi connectivity index (χ0v) is 17.0. The number of anilines is 2. The Hall–Kier alpha value is -2.83. The van der Waals surface area contributed by atoms with E-state index in [0.717, 1.165) is 5.56 Å². The molecule has 1 aliphatic heterocycles. The van der Waals surface area contributed by atoms with Crippen LogP contribution in [0.15, 0.2) is 66.7 Å². The van der Waals surface area contributed by atoms with E-state index in [-0.39, 0.29) is 18.1 Å². The van der Waals surface area contributed by atoms with Crippen LogP contribution in [0.4, 0.5) is 20.2 Å². The van der Waals surface area contributed by atoms with E-state index < -0.39 is 12.2 Å². The van der Waals surface area contributed by atoms with E-state index in [0.29, 0.717) is 27.0 Å². The molecule has 0 saturated carbocycles. The van der Waals surface area contributed by atoms with Crippen LogP contribution in [0.5, 0.6) is 5.75 Å². The number of hydrogen-bond donors (Lipinski definition) is 2. The van der Waals surface area contributed by atoms with Crippen LogP contribution in [0.25, 0.3) is 0 Å². The van der Waals surface area contributed by atoms with Crippen molar-refractivity contribution < 1.29 is 18.3 Å². The second kappa shape index (κ2) is 8.13. The third kappa shape index (κ3) is 4.06. The molecule has 2 N–H and O–H groups in total. The van der Waals surface area contributed by atoms with Crippen LogP contribution >= 0.6 is 23.2 Å². The summed E-state index contributed by atoms with van der Waals surface area (Å²) in [5, 5.41) is 7.13. The average Bonchev–Trinajstić information content (AvgIpc) is 2.92. The van der Waals surface area contributed by atoms with E-state index in [2.05, 4.69) is 15.4 Å². The van der Waals surface area contributed by atoms with Crippen molar-refractivity contribution in [2.45, 2.75) is 18.6 Å². The first-order valence-corrected chi connectivity index (χ1v) is 9.80. The summed E-state index contributed by atoms with van der Waals surface area (Å²) in [5.41, 5.74) is 1.36. The Bertz CT molecular complexity index is 1110. The lowest BCUT2D eigenvalue weighted by molar-refractivity contribution is -0.119. The second-order valence-electron chi connectivity index (χ2n) is 6.89. The molecule has 0 fully saturated rings. The smallest absolute Gasteiger partial charge is 0.387 e. The molecule has 0 spiro atoms. The molecule has 4 rings (SSSR count). The zero-order chi connectivity index (χ0) is 21.3.